The van der Waals surface area contributed by atoms with Gasteiger partial charge in [-0.15, -0.1) is 0 Å². The van der Waals surface area contributed by atoms with Gasteiger partial charge in [0.15, 0.2) is 17.5 Å². The van der Waals surface area contributed by atoms with E-state index in [1.807, 2.05) is 30.3 Å². The molecule has 0 radical (unpaired) electrons. The van der Waals surface area contributed by atoms with Crippen LogP contribution in [0.15, 0.2) is 42.5 Å². The van der Waals surface area contributed by atoms with Crippen molar-refractivity contribution in [2.75, 3.05) is 36.0 Å². The van der Waals surface area contributed by atoms with Gasteiger partial charge in [-0.1, -0.05) is 18.2 Å². The van der Waals surface area contributed by atoms with Crippen molar-refractivity contribution in [3.63, 3.8) is 0 Å². The Morgan fingerprint density at radius 3 is 1.95 bits per heavy atom. The standard InChI is InChI=1S/C16H15F3N2/c17-13-6-7-14(16(19)15(13)18)21-10-8-20(9-11-21)12-4-2-1-3-5-12/h1-7H,8-11H2. The lowest BCUT2D eigenvalue weighted by Gasteiger charge is -2.37. The molecule has 0 spiro atoms. The second-order valence-electron chi connectivity index (χ2n) is 5.00. The van der Waals surface area contributed by atoms with E-state index in [2.05, 4.69) is 4.90 Å². The molecular formula is C16H15F3N2. The van der Waals surface area contributed by atoms with Gasteiger partial charge in [-0.3, -0.25) is 0 Å². The van der Waals surface area contributed by atoms with Crippen molar-refractivity contribution in [2.24, 2.45) is 0 Å². The van der Waals surface area contributed by atoms with Crippen LogP contribution in [0.3, 0.4) is 0 Å². The molecule has 0 aromatic heterocycles. The minimum absolute atomic E-state index is 0.126. The van der Waals surface area contributed by atoms with E-state index in [4.69, 9.17) is 0 Å². The maximum atomic E-state index is 13.8. The molecule has 1 fully saturated rings. The van der Waals surface area contributed by atoms with Gasteiger partial charge in [0.1, 0.15) is 0 Å². The van der Waals surface area contributed by atoms with E-state index in [1.54, 1.807) is 4.90 Å². The highest BCUT2D eigenvalue weighted by molar-refractivity contribution is 5.52. The van der Waals surface area contributed by atoms with Crippen LogP contribution in [0.25, 0.3) is 0 Å². The van der Waals surface area contributed by atoms with Gasteiger partial charge in [0.25, 0.3) is 0 Å². The monoisotopic (exact) mass is 292 g/mol. The third kappa shape index (κ3) is 2.68. The predicted octanol–water partition coefficient (Wildman–Crippen LogP) is 3.43. The molecule has 2 aromatic carbocycles. The molecule has 1 aliphatic rings. The third-order valence-electron chi connectivity index (χ3n) is 3.76. The van der Waals surface area contributed by atoms with E-state index >= 15 is 0 Å². The predicted molar refractivity (Wildman–Crippen MR) is 77.2 cm³/mol. The molecule has 3 rings (SSSR count). The number of hydrogen-bond acceptors (Lipinski definition) is 2. The van der Waals surface area contributed by atoms with Gasteiger partial charge in [0.05, 0.1) is 5.69 Å². The van der Waals surface area contributed by atoms with Crippen LogP contribution < -0.4 is 9.80 Å². The number of para-hydroxylation sites is 1. The number of halogens is 3. The van der Waals surface area contributed by atoms with E-state index in [1.165, 1.54) is 6.07 Å². The maximum Gasteiger partial charge on any atom is 0.196 e. The number of anilines is 2. The number of benzene rings is 2. The van der Waals surface area contributed by atoms with Crippen LogP contribution in [-0.2, 0) is 0 Å². The average molecular weight is 292 g/mol. The van der Waals surface area contributed by atoms with Crippen LogP contribution in [0, 0.1) is 17.5 Å². The second kappa shape index (κ2) is 5.68. The smallest absolute Gasteiger partial charge is 0.196 e. The second-order valence-corrected chi connectivity index (χ2v) is 5.00. The maximum absolute atomic E-state index is 13.8. The Hall–Kier alpha value is -2.17. The molecular weight excluding hydrogens is 277 g/mol. The van der Waals surface area contributed by atoms with Crippen molar-refractivity contribution in [3.8, 4) is 0 Å². The largest absolute Gasteiger partial charge is 0.368 e. The summed E-state index contributed by atoms with van der Waals surface area (Å²) in [6, 6.07) is 12.2. The van der Waals surface area contributed by atoms with Crippen LogP contribution in [-0.4, -0.2) is 26.2 Å². The van der Waals surface area contributed by atoms with Gasteiger partial charge in [0.2, 0.25) is 0 Å². The highest BCUT2D eigenvalue weighted by Crippen LogP contribution is 2.25. The van der Waals surface area contributed by atoms with Crippen LogP contribution in [0.2, 0.25) is 0 Å². The minimum Gasteiger partial charge on any atom is -0.368 e. The first kappa shape index (κ1) is 13.8. The lowest BCUT2D eigenvalue weighted by Crippen LogP contribution is -2.46. The topological polar surface area (TPSA) is 6.48 Å². The van der Waals surface area contributed by atoms with Crippen LogP contribution >= 0.6 is 0 Å². The Morgan fingerprint density at radius 1 is 0.667 bits per heavy atom. The first-order valence-corrected chi connectivity index (χ1v) is 6.85. The zero-order valence-corrected chi connectivity index (χ0v) is 11.4. The van der Waals surface area contributed by atoms with E-state index in [-0.39, 0.29) is 5.69 Å². The molecule has 2 aromatic rings. The molecule has 5 heteroatoms. The number of hydrogen-bond donors (Lipinski definition) is 0. The van der Waals surface area contributed by atoms with Crippen molar-refractivity contribution < 1.29 is 13.2 Å². The summed E-state index contributed by atoms with van der Waals surface area (Å²) in [6.07, 6.45) is 0. The van der Waals surface area contributed by atoms with Gasteiger partial charge >= 0.3 is 0 Å². The molecule has 1 aliphatic heterocycles. The molecule has 0 atom stereocenters. The molecule has 1 heterocycles. The van der Waals surface area contributed by atoms with Crippen molar-refractivity contribution >= 4 is 11.4 Å². The van der Waals surface area contributed by atoms with Crippen molar-refractivity contribution in [1.29, 1.82) is 0 Å². The zero-order chi connectivity index (χ0) is 14.8. The van der Waals surface area contributed by atoms with Crippen molar-refractivity contribution in [1.82, 2.24) is 0 Å². The SMILES string of the molecule is Fc1ccc(N2CCN(c3ccccc3)CC2)c(F)c1F. The van der Waals surface area contributed by atoms with Gasteiger partial charge < -0.3 is 9.80 Å². The van der Waals surface area contributed by atoms with E-state index in [0.717, 1.165) is 11.8 Å². The van der Waals surface area contributed by atoms with Crippen molar-refractivity contribution in [3.05, 3.63) is 59.9 Å². The van der Waals surface area contributed by atoms with E-state index in [9.17, 15) is 13.2 Å². The van der Waals surface area contributed by atoms with E-state index < -0.39 is 17.5 Å². The Labute approximate surface area is 121 Å². The Kier molecular flexibility index (Phi) is 3.73. The zero-order valence-electron chi connectivity index (χ0n) is 11.4. The molecule has 0 unspecified atom stereocenters. The summed E-state index contributed by atoms with van der Waals surface area (Å²) >= 11 is 0. The summed E-state index contributed by atoms with van der Waals surface area (Å²) < 4.78 is 40.1. The summed E-state index contributed by atoms with van der Waals surface area (Å²) in [7, 11) is 0. The van der Waals surface area contributed by atoms with Gasteiger partial charge in [-0.05, 0) is 24.3 Å². The summed E-state index contributed by atoms with van der Waals surface area (Å²) in [6.45, 7) is 2.55. The molecule has 0 N–H and O–H groups in total. The summed E-state index contributed by atoms with van der Waals surface area (Å²) in [5.74, 6) is -3.67. The molecule has 1 saturated heterocycles. The van der Waals surface area contributed by atoms with Gasteiger partial charge in [0, 0.05) is 31.9 Å². The Balaban J connectivity index is 1.73. The van der Waals surface area contributed by atoms with Crippen LogP contribution in [0.1, 0.15) is 0 Å². The molecule has 0 bridgehead atoms. The lowest BCUT2D eigenvalue weighted by molar-refractivity contribution is 0.445. The Bertz CT molecular complexity index is 623. The fourth-order valence-corrected chi connectivity index (χ4v) is 2.60. The summed E-state index contributed by atoms with van der Waals surface area (Å²) in [4.78, 5) is 3.94. The van der Waals surface area contributed by atoms with Gasteiger partial charge in [-0.25, -0.2) is 13.2 Å². The minimum atomic E-state index is -1.40. The summed E-state index contributed by atoms with van der Waals surface area (Å²) in [5.41, 5.74) is 1.24. The molecule has 21 heavy (non-hydrogen) atoms. The molecule has 0 aliphatic carbocycles. The van der Waals surface area contributed by atoms with Crippen molar-refractivity contribution in [2.45, 2.75) is 0 Å². The van der Waals surface area contributed by atoms with Crippen LogP contribution in [0.5, 0.6) is 0 Å². The fourth-order valence-electron chi connectivity index (χ4n) is 2.60. The van der Waals surface area contributed by atoms with E-state index in [0.29, 0.717) is 26.2 Å². The normalized spacial score (nSPS) is 15.4. The molecule has 0 amide bonds. The fraction of sp³-hybridized carbons (Fsp3) is 0.250. The highest BCUT2D eigenvalue weighted by Gasteiger charge is 2.22. The highest BCUT2D eigenvalue weighted by atomic mass is 19.2. The average Bonchev–Trinajstić information content (AvgIpc) is 2.54. The summed E-state index contributed by atoms with van der Waals surface area (Å²) in [5, 5.41) is 0. The quantitative estimate of drug-likeness (QED) is 0.782. The van der Waals surface area contributed by atoms with Crippen LogP contribution in [0.4, 0.5) is 24.5 Å². The van der Waals surface area contributed by atoms with Gasteiger partial charge in [-0.2, -0.15) is 0 Å². The molecule has 0 saturated carbocycles. The molecule has 2 nitrogen and oxygen atoms in total. The Morgan fingerprint density at radius 2 is 1.29 bits per heavy atom. The number of rotatable bonds is 2. The number of piperazine rings is 1. The third-order valence-corrected chi connectivity index (χ3v) is 3.76. The molecule has 110 valence electrons. The lowest BCUT2D eigenvalue weighted by atomic mass is 10.2. The first-order valence-electron chi connectivity index (χ1n) is 6.85. The first-order chi connectivity index (χ1) is 10.2. The number of nitrogens with zero attached hydrogens (tertiary/aromatic N) is 2.